The van der Waals surface area contributed by atoms with Crippen LogP contribution in [0.2, 0.25) is 0 Å². The Morgan fingerprint density at radius 1 is 1.07 bits per heavy atom. The summed E-state index contributed by atoms with van der Waals surface area (Å²) in [7, 11) is 0. The van der Waals surface area contributed by atoms with E-state index in [9.17, 15) is 9.59 Å². The number of benzene rings is 1. The molecule has 0 fully saturated rings. The summed E-state index contributed by atoms with van der Waals surface area (Å²) in [6.07, 6.45) is 0.357. The molecule has 0 aliphatic heterocycles. The van der Waals surface area contributed by atoms with Crippen LogP contribution in [0.5, 0.6) is 0 Å². The van der Waals surface area contributed by atoms with E-state index in [-0.39, 0.29) is 24.5 Å². The fraction of sp³-hybridized carbons (Fsp3) is 0.286. The van der Waals surface area contributed by atoms with Gasteiger partial charge in [-0.05, 0) is 45.9 Å². The number of hydrogen-bond donors (Lipinski definition) is 1. The van der Waals surface area contributed by atoms with Crippen molar-refractivity contribution in [3.63, 3.8) is 0 Å². The predicted octanol–water partition coefficient (Wildman–Crippen LogP) is 4.77. The molecule has 2 aromatic heterocycles. The molecule has 0 atom stereocenters. The van der Waals surface area contributed by atoms with Crippen LogP contribution in [0.4, 0.5) is 5.69 Å². The van der Waals surface area contributed by atoms with Gasteiger partial charge < -0.3 is 5.32 Å². The number of rotatable bonds is 6. The van der Waals surface area contributed by atoms with Gasteiger partial charge in [0.15, 0.2) is 5.78 Å². The lowest BCUT2D eigenvalue weighted by atomic mass is 10.1. The van der Waals surface area contributed by atoms with Gasteiger partial charge in [-0.2, -0.15) is 5.10 Å². The van der Waals surface area contributed by atoms with E-state index in [0.29, 0.717) is 5.69 Å². The number of aryl methyl sites for hydroxylation is 3. The van der Waals surface area contributed by atoms with Gasteiger partial charge in [0, 0.05) is 28.2 Å². The number of aromatic nitrogens is 2. The summed E-state index contributed by atoms with van der Waals surface area (Å²) in [6, 6.07) is 11.7. The van der Waals surface area contributed by atoms with Gasteiger partial charge in [-0.25, -0.2) is 4.68 Å². The van der Waals surface area contributed by atoms with Gasteiger partial charge in [-0.1, -0.05) is 18.2 Å². The van der Waals surface area contributed by atoms with Gasteiger partial charge in [-0.3, -0.25) is 9.59 Å². The van der Waals surface area contributed by atoms with Gasteiger partial charge in [0.25, 0.3) is 0 Å². The first-order valence-corrected chi connectivity index (χ1v) is 9.70. The van der Waals surface area contributed by atoms with E-state index in [1.807, 2.05) is 68.8 Å². The summed E-state index contributed by atoms with van der Waals surface area (Å²) in [6.45, 7) is 7.71. The molecule has 6 heteroatoms. The summed E-state index contributed by atoms with van der Waals surface area (Å²) < 4.78 is 1.81. The minimum Gasteiger partial charge on any atom is -0.323 e. The highest BCUT2D eigenvalue weighted by Gasteiger charge is 2.17. The smallest absolute Gasteiger partial charge is 0.224 e. The second-order valence-electron chi connectivity index (χ2n) is 6.59. The second-order valence-corrected chi connectivity index (χ2v) is 8.05. The molecule has 0 unspecified atom stereocenters. The molecule has 0 saturated carbocycles. The van der Waals surface area contributed by atoms with Crippen LogP contribution >= 0.6 is 11.3 Å². The molecule has 27 heavy (non-hydrogen) atoms. The fourth-order valence-electron chi connectivity index (χ4n) is 3.12. The van der Waals surface area contributed by atoms with Crippen LogP contribution < -0.4 is 5.32 Å². The Kier molecular flexibility index (Phi) is 5.56. The van der Waals surface area contributed by atoms with Crippen LogP contribution in [0.3, 0.4) is 0 Å². The van der Waals surface area contributed by atoms with E-state index in [0.717, 1.165) is 32.4 Å². The number of carbonyl (C=O) groups is 2. The number of hydrogen-bond acceptors (Lipinski definition) is 4. The maximum Gasteiger partial charge on any atom is 0.224 e. The summed E-state index contributed by atoms with van der Waals surface area (Å²) in [5, 5.41) is 7.45. The van der Waals surface area contributed by atoms with Crippen LogP contribution in [0.15, 0.2) is 36.4 Å². The van der Waals surface area contributed by atoms with Crippen molar-refractivity contribution in [3.8, 4) is 5.69 Å². The van der Waals surface area contributed by atoms with E-state index < -0.39 is 0 Å². The topological polar surface area (TPSA) is 64.0 Å². The molecule has 0 aliphatic rings. The monoisotopic (exact) mass is 381 g/mol. The zero-order chi connectivity index (χ0) is 19.6. The SMILES string of the molecule is Cc1cc(C(=O)CCC(=O)Nc2c(C)nn(-c3ccccc3)c2C)c(C)s1. The largest absolute Gasteiger partial charge is 0.323 e. The number of Topliss-reactive ketones (excluding diaryl/α,β-unsaturated/α-hetero) is 1. The Labute approximate surface area is 163 Å². The number of amides is 1. The standard InChI is InChI=1S/C21H23N3O2S/c1-13-12-18(16(4)27-13)19(25)10-11-20(26)22-21-14(2)23-24(15(21)3)17-8-6-5-7-9-17/h5-9,12H,10-11H2,1-4H3,(H,22,26). The van der Waals surface area contributed by atoms with Crippen molar-refractivity contribution in [2.75, 3.05) is 5.32 Å². The molecule has 0 radical (unpaired) electrons. The van der Waals surface area contributed by atoms with E-state index in [1.54, 1.807) is 11.3 Å². The highest BCUT2D eigenvalue weighted by molar-refractivity contribution is 7.12. The van der Waals surface area contributed by atoms with E-state index in [1.165, 1.54) is 0 Å². The number of thiophene rings is 1. The summed E-state index contributed by atoms with van der Waals surface area (Å²) >= 11 is 1.61. The molecule has 0 spiro atoms. The Morgan fingerprint density at radius 3 is 2.41 bits per heavy atom. The van der Waals surface area contributed by atoms with Crippen LogP contribution in [0.1, 0.15) is 44.3 Å². The number of ketones is 1. The summed E-state index contributed by atoms with van der Waals surface area (Å²) in [5.41, 5.74) is 3.99. The lowest BCUT2D eigenvalue weighted by molar-refractivity contribution is -0.116. The summed E-state index contributed by atoms with van der Waals surface area (Å²) in [4.78, 5) is 26.9. The Hall–Kier alpha value is -2.73. The predicted molar refractivity (Wildman–Crippen MR) is 109 cm³/mol. The molecule has 3 aromatic rings. The Bertz CT molecular complexity index is 987. The average molecular weight is 382 g/mol. The first-order chi connectivity index (χ1) is 12.9. The van der Waals surface area contributed by atoms with E-state index in [2.05, 4.69) is 10.4 Å². The van der Waals surface area contributed by atoms with Crippen molar-refractivity contribution in [2.45, 2.75) is 40.5 Å². The lowest BCUT2D eigenvalue weighted by Crippen LogP contribution is -2.14. The van der Waals surface area contributed by atoms with Gasteiger partial charge in [0.2, 0.25) is 5.91 Å². The highest BCUT2D eigenvalue weighted by Crippen LogP contribution is 2.24. The molecule has 0 aliphatic carbocycles. The molecule has 3 rings (SSSR count). The minimum absolute atomic E-state index is 0.0143. The molecular weight excluding hydrogens is 358 g/mol. The minimum atomic E-state index is -0.174. The zero-order valence-electron chi connectivity index (χ0n) is 16.0. The van der Waals surface area contributed by atoms with Gasteiger partial charge in [-0.15, -0.1) is 11.3 Å². The zero-order valence-corrected chi connectivity index (χ0v) is 16.8. The molecule has 1 N–H and O–H groups in total. The van der Waals surface area contributed by atoms with Crippen molar-refractivity contribution in [1.29, 1.82) is 0 Å². The molecule has 0 bridgehead atoms. The molecule has 2 heterocycles. The average Bonchev–Trinajstić information content (AvgIpc) is 3.13. The third-order valence-electron chi connectivity index (χ3n) is 4.48. The van der Waals surface area contributed by atoms with Crippen molar-refractivity contribution in [2.24, 2.45) is 0 Å². The molecule has 0 saturated heterocycles. The number of carbonyl (C=O) groups excluding carboxylic acids is 2. The normalized spacial score (nSPS) is 10.8. The Morgan fingerprint density at radius 2 is 1.78 bits per heavy atom. The van der Waals surface area contributed by atoms with Crippen molar-refractivity contribution in [3.05, 3.63) is 63.1 Å². The van der Waals surface area contributed by atoms with Crippen LogP contribution in [0.25, 0.3) is 5.69 Å². The Balaban J connectivity index is 1.67. The van der Waals surface area contributed by atoms with Gasteiger partial charge in [0.1, 0.15) is 0 Å². The maximum atomic E-state index is 12.4. The van der Waals surface area contributed by atoms with Crippen molar-refractivity contribution < 1.29 is 9.59 Å². The van der Waals surface area contributed by atoms with Crippen molar-refractivity contribution >= 4 is 28.7 Å². The second kappa shape index (κ2) is 7.88. The number of para-hydroxylation sites is 1. The van der Waals surface area contributed by atoms with E-state index in [4.69, 9.17) is 0 Å². The van der Waals surface area contributed by atoms with Crippen molar-refractivity contribution in [1.82, 2.24) is 9.78 Å². The first kappa shape index (κ1) is 19.0. The first-order valence-electron chi connectivity index (χ1n) is 8.88. The summed E-state index contributed by atoms with van der Waals surface area (Å²) in [5.74, 6) is -0.160. The van der Waals surface area contributed by atoms with Gasteiger partial charge in [0.05, 0.1) is 22.8 Å². The number of nitrogens with one attached hydrogen (secondary N) is 1. The third kappa shape index (κ3) is 4.17. The molecule has 5 nitrogen and oxygen atoms in total. The third-order valence-corrected chi connectivity index (χ3v) is 5.44. The molecule has 1 amide bonds. The van der Waals surface area contributed by atoms with Crippen LogP contribution in [-0.4, -0.2) is 21.5 Å². The number of nitrogens with zero attached hydrogens (tertiary/aromatic N) is 2. The molecule has 140 valence electrons. The quantitative estimate of drug-likeness (QED) is 0.626. The maximum absolute atomic E-state index is 12.4. The van der Waals surface area contributed by atoms with Crippen LogP contribution in [0, 0.1) is 27.7 Å². The van der Waals surface area contributed by atoms with E-state index >= 15 is 0 Å². The number of anilines is 1. The molecule has 1 aromatic carbocycles. The van der Waals surface area contributed by atoms with Gasteiger partial charge >= 0.3 is 0 Å². The van der Waals surface area contributed by atoms with Crippen LogP contribution in [-0.2, 0) is 4.79 Å². The molecular formula is C21H23N3O2S. The fourth-order valence-corrected chi connectivity index (χ4v) is 4.06. The lowest BCUT2D eigenvalue weighted by Gasteiger charge is -2.07. The highest BCUT2D eigenvalue weighted by atomic mass is 32.1.